The molecule has 0 bridgehead atoms. The maximum absolute atomic E-state index is 9.80. The van der Waals surface area contributed by atoms with Gasteiger partial charge in [0.05, 0.1) is 6.26 Å². The lowest BCUT2D eigenvalue weighted by molar-refractivity contribution is -0.123. The van der Waals surface area contributed by atoms with Crippen molar-refractivity contribution in [1.82, 2.24) is 10.1 Å². The van der Waals surface area contributed by atoms with Crippen LogP contribution in [0.2, 0.25) is 0 Å². The van der Waals surface area contributed by atoms with Gasteiger partial charge in [0, 0.05) is 12.8 Å². The van der Waals surface area contributed by atoms with Crippen molar-refractivity contribution in [2.45, 2.75) is 19.8 Å². The van der Waals surface area contributed by atoms with Crippen molar-refractivity contribution in [3.05, 3.63) is 24.1 Å². The van der Waals surface area contributed by atoms with E-state index in [-0.39, 0.29) is 5.92 Å². The molecule has 0 spiro atoms. The van der Waals surface area contributed by atoms with E-state index in [1.165, 1.54) is 6.26 Å². The average molecular weight is 182 g/mol. The summed E-state index contributed by atoms with van der Waals surface area (Å²) >= 11 is 0. The van der Waals surface area contributed by atoms with Crippen LogP contribution in [-0.2, 0) is 9.53 Å². The fraction of sp³-hybridized carbons (Fsp3) is 0.375. The van der Waals surface area contributed by atoms with Crippen LogP contribution >= 0.6 is 0 Å². The highest BCUT2D eigenvalue weighted by molar-refractivity contribution is 5.38. The molecule has 1 heterocycles. The monoisotopic (exact) mass is 182 g/mol. The van der Waals surface area contributed by atoms with Gasteiger partial charge in [0.15, 0.2) is 5.82 Å². The minimum atomic E-state index is -0.0302. The van der Waals surface area contributed by atoms with Crippen molar-refractivity contribution in [1.29, 1.82) is 0 Å². The summed E-state index contributed by atoms with van der Waals surface area (Å²) in [7, 11) is 0. The molecule has 5 heteroatoms. The minimum Gasteiger partial charge on any atom is -0.437 e. The summed E-state index contributed by atoms with van der Waals surface area (Å²) in [5.41, 5.74) is 0. The van der Waals surface area contributed by atoms with Crippen LogP contribution in [0.1, 0.15) is 24.6 Å². The molecule has 70 valence electrons. The SMILES string of the molecule is Cc1nc(C(C)/C=C\OC=O)no1. The fourth-order valence-corrected chi connectivity index (χ4v) is 0.781. The number of ether oxygens (including phenoxy) is 1. The molecule has 0 aromatic carbocycles. The summed E-state index contributed by atoms with van der Waals surface area (Å²) in [6.45, 7) is 3.94. The first-order valence-electron chi connectivity index (χ1n) is 3.80. The smallest absolute Gasteiger partial charge is 0.297 e. The second-order valence-corrected chi connectivity index (χ2v) is 2.52. The van der Waals surface area contributed by atoms with Crippen LogP contribution in [0.3, 0.4) is 0 Å². The van der Waals surface area contributed by atoms with Gasteiger partial charge in [-0.1, -0.05) is 12.1 Å². The molecule has 0 saturated heterocycles. The number of allylic oxidation sites excluding steroid dienone is 1. The third-order valence-corrected chi connectivity index (χ3v) is 1.45. The predicted octanol–water partition coefficient (Wildman–Crippen LogP) is 1.17. The quantitative estimate of drug-likeness (QED) is 0.516. The molecule has 1 aromatic heterocycles. The highest BCUT2D eigenvalue weighted by atomic mass is 16.5. The summed E-state index contributed by atoms with van der Waals surface area (Å²) in [6.07, 6.45) is 2.96. The van der Waals surface area contributed by atoms with Crippen molar-refractivity contribution < 1.29 is 14.1 Å². The van der Waals surface area contributed by atoms with Crippen LogP contribution < -0.4 is 0 Å². The van der Waals surface area contributed by atoms with Gasteiger partial charge in [-0.3, -0.25) is 4.79 Å². The number of carbonyl (C=O) groups is 1. The number of hydrogen-bond donors (Lipinski definition) is 0. The van der Waals surface area contributed by atoms with Crippen LogP contribution in [0, 0.1) is 6.92 Å². The van der Waals surface area contributed by atoms with Crippen molar-refractivity contribution >= 4 is 6.47 Å². The fourth-order valence-electron chi connectivity index (χ4n) is 0.781. The van der Waals surface area contributed by atoms with E-state index >= 15 is 0 Å². The van der Waals surface area contributed by atoms with E-state index in [4.69, 9.17) is 4.52 Å². The van der Waals surface area contributed by atoms with E-state index in [9.17, 15) is 4.79 Å². The first-order valence-corrected chi connectivity index (χ1v) is 3.80. The van der Waals surface area contributed by atoms with Gasteiger partial charge < -0.3 is 9.26 Å². The molecule has 0 aliphatic carbocycles. The van der Waals surface area contributed by atoms with Gasteiger partial charge in [0.1, 0.15) is 0 Å². The third-order valence-electron chi connectivity index (χ3n) is 1.45. The summed E-state index contributed by atoms with van der Waals surface area (Å²) in [5, 5.41) is 3.71. The Morgan fingerprint density at radius 2 is 2.38 bits per heavy atom. The zero-order valence-electron chi connectivity index (χ0n) is 7.43. The highest BCUT2D eigenvalue weighted by Gasteiger charge is 2.08. The predicted molar refractivity (Wildman–Crippen MR) is 43.7 cm³/mol. The Balaban J connectivity index is 2.57. The lowest BCUT2D eigenvalue weighted by Gasteiger charge is -1.96. The molecule has 0 radical (unpaired) electrons. The van der Waals surface area contributed by atoms with Gasteiger partial charge >= 0.3 is 0 Å². The molecule has 1 aromatic rings. The van der Waals surface area contributed by atoms with Crippen molar-refractivity contribution in [3.63, 3.8) is 0 Å². The van der Waals surface area contributed by atoms with Gasteiger partial charge in [-0.15, -0.1) is 0 Å². The Morgan fingerprint density at radius 1 is 1.62 bits per heavy atom. The molecule has 0 saturated carbocycles. The average Bonchev–Trinajstić information content (AvgIpc) is 2.52. The van der Waals surface area contributed by atoms with E-state index in [0.717, 1.165) is 0 Å². The number of rotatable bonds is 4. The zero-order valence-corrected chi connectivity index (χ0v) is 7.43. The number of aryl methyl sites for hydroxylation is 1. The van der Waals surface area contributed by atoms with Crippen molar-refractivity contribution in [3.8, 4) is 0 Å². The molecule has 5 nitrogen and oxygen atoms in total. The Morgan fingerprint density at radius 3 is 2.92 bits per heavy atom. The van der Waals surface area contributed by atoms with E-state index in [1.807, 2.05) is 6.92 Å². The first-order chi connectivity index (χ1) is 6.24. The topological polar surface area (TPSA) is 65.2 Å². The molecule has 1 atom stereocenters. The number of aromatic nitrogens is 2. The van der Waals surface area contributed by atoms with E-state index < -0.39 is 0 Å². The number of hydrogen-bond acceptors (Lipinski definition) is 5. The first kappa shape index (κ1) is 9.44. The minimum absolute atomic E-state index is 0.0302. The van der Waals surface area contributed by atoms with E-state index in [2.05, 4.69) is 14.9 Å². The van der Waals surface area contributed by atoms with Crippen LogP contribution in [0.5, 0.6) is 0 Å². The van der Waals surface area contributed by atoms with Crippen LogP contribution in [0.4, 0.5) is 0 Å². The van der Waals surface area contributed by atoms with E-state index in [0.29, 0.717) is 18.2 Å². The summed E-state index contributed by atoms with van der Waals surface area (Å²) in [4.78, 5) is 13.8. The molecular weight excluding hydrogens is 172 g/mol. The van der Waals surface area contributed by atoms with Gasteiger partial charge in [-0.2, -0.15) is 4.98 Å². The van der Waals surface area contributed by atoms with Crippen molar-refractivity contribution in [2.75, 3.05) is 0 Å². The Kier molecular flexibility index (Phi) is 3.19. The standard InChI is InChI=1S/C8H10N2O3/c1-6(3-4-12-5-11)8-9-7(2)13-10-8/h3-6H,1-2H3/b4-3-. The summed E-state index contributed by atoms with van der Waals surface area (Å²) in [6, 6.07) is 0. The zero-order chi connectivity index (χ0) is 9.68. The molecule has 1 unspecified atom stereocenters. The molecule has 0 aliphatic heterocycles. The molecule has 0 N–H and O–H groups in total. The Hall–Kier alpha value is -1.65. The van der Waals surface area contributed by atoms with Crippen LogP contribution in [-0.4, -0.2) is 16.6 Å². The Labute approximate surface area is 75.4 Å². The maximum atomic E-state index is 9.80. The normalized spacial score (nSPS) is 13.1. The van der Waals surface area contributed by atoms with E-state index in [1.54, 1.807) is 13.0 Å². The number of nitrogens with zero attached hydrogens (tertiary/aromatic N) is 2. The molecule has 1 rings (SSSR count). The lowest BCUT2D eigenvalue weighted by Crippen LogP contribution is -1.92. The largest absolute Gasteiger partial charge is 0.437 e. The lowest BCUT2D eigenvalue weighted by atomic mass is 10.2. The second-order valence-electron chi connectivity index (χ2n) is 2.52. The third kappa shape index (κ3) is 2.70. The molecule has 0 fully saturated rings. The number of carbonyl (C=O) groups excluding carboxylic acids is 1. The Bertz CT molecular complexity index is 306. The summed E-state index contributed by atoms with van der Waals surface area (Å²) < 4.78 is 9.17. The maximum Gasteiger partial charge on any atom is 0.297 e. The van der Waals surface area contributed by atoms with Gasteiger partial charge in [-0.05, 0) is 6.08 Å². The van der Waals surface area contributed by atoms with Gasteiger partial charge in [0.2, 0.25) is 5.89 Å². The van der Waals surface area contributed by atoms with Crippen LogP contribution in [0.25, 0.3) is 0 Å². The second kappa shape index (κ2) is 4.39. The molecule has 0 aliphatic rings. The molecule has 13 heavy (non-hydrogen) atoms. The van der Waals surface area contributed by atoms with Gasteiger partial charge in [-0.25, -0.2) is 0 Å². The molecule has 0 amide bonds. The van der Waals surface area contributed by atoms with Gasteiger partial charge in [0.25, 0.3) is 6.47 Å². The molecular formula is C8H10N2O3. The van der Waals surface area contributed by atoms with Crippen molar-refractivity contribution in [2.24, 2.45) is 0 Å². The highest BCUT2D eigenvalue weighted by Crippen LogP contribution is 2.11. The summed E-state index contributed by atoms with van der Waals surface area (Å²) in [5.74, 6) is 1.06. The van der Waals surface area contributed by atoms with Crippen LogP contribution in [0.15, 0.2) is 16.9 Å².